The van der Waals surface area contributed by atoms with Crippen molar-refractivity contribution < 1.29 is 14.7 Å². The van der Waals surface area contributed by atoms with Crippen LogP contribution in [0.2, 0.25) is 0 Å². The first-order valence-electron chi connectivity index (χ1n) is 10.2. The summed E-state index contributed by atoms with van der Waals surface area (Å²) in [6, 6.07) is 16.9. The Labute approximate surface area is 175 Å². The Morgan fingerprint density at radius 3 is 2.47 bits per heavy atom. The molecule has 0 unspecified atom stereocenters. The van der Waals surface area contributed by atoms with Gasteiger partial charge in [-0.2, -0.15) is 5.10 Å². The van der Waals surface area contributed by atoms with Crippen LogP contribution in [-0.2, 0) is 17.6 Å². The van der Waals surface area contributed by atoms with Gasteiger partial charge in [0.05, 0.1) is 11.4 Å². The van der Waals surface area contributed by atoms with Gasteiger partial charge in [0, 0.05) is 11.1 Å². The first-order chi connectivity index (χ1) is 14.5. The summed E-state index contributed by atoms with van der Waals surface area (Å²) in [5.74, 6) is -1.32. The van der Waals surface area contributed by atoms with Gasteiger partial charge in [-0.1, -0.05) is 56.3 Å². The van der Waals surface area contributed by atoms with Gasteiger partial charge in [-0.15, -0.1) is 0 Å². The second-order valence-electron chi connectivity index (χ2n) is 8.07. The van der Waals surface area contributed by atoms with Gasteiger partial charge in [0.2, 0.25) is 0 Å². The number of benzene rings is 2. The van der Waals surface area contributed by atoms with E-state index in [9.17, 15) is 14.7 Å². The number of aromatic nitrogens is 2. The van der Waals surface area contributed by atoms with Crippen LogP contribution in [-0.4, -0.2) is 32.8 Å². The summed E-state index contributed by atoms with van der Waals surface area (Å²) in [4.78, 5) is 24.8. The first kappa shape index (κ1) is 19.9. The monoisotopic (exact) mass is 403 g/mol. The zero-order chi connectivity index (χ0) is 21.3. The minimum absolute atomic E-state index is 0.147. The number of nitrogens with one attached hydrogen (secondary N) is 1. The smallest absolute Gasteiger partial charge is 0.326 e. The molecule has 1 aliphatic carbocycles. The van der Waals surface area contributed by atoms with Gasteiger partial charge in [-0.25, -0.2) is 9.48 Å². The predicted octanol–water partition coefficient (Wildman–Crippen LogP) is 3.87. The maximum atomic E-state index is 13.1. The van der Waals surface area contributed by atoms with Crippen molar-refractivity contribution in [1.29, 1.82) is 0 Å². The number of carbonyl (C=O) groups is 2. The highest BCUT2D eigenvalue weighted by atomic mass is 16.4. The molecule has 6 heteroatoms. The van der Waals surface area contributed by atoms with Crippen molar-refractivity contribution in [1.82, 2.24) is 15.1 Å². The van der Waals surface area contributed by atoms with Crippen molar-refractivity contribution in [3.05, 3.63) is 71.4 Å². The molecular weight excluding hydrogens is 378 g/mol. The van der Waals surface area contributed by atoms with Crippen LogP contribution in [0, 0.1) is 5.92 Å². The number of fused-ring (bicyclic) bond motifs is 3. The molecule has 1 atom stereocenters. The lowest BCUT2D eigenvalue weighted by molar-refractivity contribution is -0.139. The number of carboxylic acids is 1. The van der Waals surface area contributed by atoms with Crippen LogP contribution >= 0.6 is 0 Å². The molecule has 6 nitrogen and oxygen atoms in total. The molecule has 1 aromatic heterocycles. The highest BCUT2D eigenvalue weighted by molar-refractivity contribution is 5.98. The summed E-state index contributed by atoms with van der Waals surface area (Å²) in [5, 5.41) is 16.9. The SMILES string of the molecule is CC(C)C[C@H](NC(=O)c1nn(-c2ccccc2)c2c1CCc1ccccc1-2)C(=O)O. The Morgan fingerprint density at radius 2 is 1.77 bits per heavy atom. The second kappa shape index (κ2) is 8.14. The van der Waals surface area contributed by atoms with E-state index in [1.54, 1.807) is 4.68 Å². The maximum Gasteiger partial charge on any atom is 0.326 e. The van der Waals surface area contributed by atoms with E-state index in [0.717, 1.165) is 28.9 Å². The van der Waals surface area contributed by atoms with Crippen LogP contribution in [0.4, 0.5) is 0 Å². The Bertz CT molecular complexity index is 1090. The molecule has 0 spiro atoms. The molecule has 3 aromatic rings. The minimum Gasteiger partial charge on any atom is -0.480 e. The molecule has 2 aromatic carbocycles. The van der Waals surface area contributed by atoms with Crippen molar-refractivity contribution in [2.45, 2.75) is 39.2 Å². The maximum absolute atomic E-state index is 13.1. The van der Waals surface area contributed by atoms with E-state index in [-0.39, 0.29) is 5.92 Å². The molecule has 0 bridgehead atoms. The Balaban J connectivity index is 1.80. The Morgan fingerprint density at radius 1 is 1.07 bits per heavy atom. The summed E-state index contributed by atoms with van der Waals surface area (Å²) in [6.45, 7) is 3.87. The van der Waals surface area contributed by atoms with Gasteiger partial charge in [-0.3, -0.25) is 4.79 Å². The summed E-state index contributed by atoms with van der Waals surface area (Å²) in [7, 11) is 0. The molecule has 4 rings (SSSR count). The van der Waals surface area contributed by atoms with Crippen LogP contribution in [0.25, 0.3) is 16.9 Å². The summed E-state index contributed by atoms with van der Waals surface area (Å²) < 4.78 is 1.81. The summed E-state index contributed by atoms with van der Waals surface area (Å²) >= 11 is 0. The van der Waals surface area contributed by atoms with Gasteiger partial charge >= 0.3 is 5.97 Å². The quantitative estimate of drug-likeness (QED) is 0.654. The largest absolute Gasteiger partial charge is 0.480 e. The lowest BCUT2D eigenvalue weighted by Gasteiger charge is -2.19. The number of nitrogens with zero attached hydrogens (tertiary/aromatic N) is 2. The van der Waals surface area contributed by atoms with Gasteiger partial charge in [0.15, 0.2) is 5.69 Å². The number of aliphatic carboxylic acids is 1. The fourth-order valence-corrected chi connectivity index (χ4v) is 4.05. The molecule has 1 amide bonds. The molecule has 154 valence electrons. The molecule has 0 fully saturated rings. The van der Waals surface area contributed by atoms with Crippen LogP contribution < -0.4 is 5.32 Å². The van der Waals surface area contributed by atoms with Crippen molar-refractivity contribution in [3.8, 4) is 16.9 Å². The molecule has 1 aliphatic rings. The molecule has 0 saturated carbocycles. The third kappa shape index (κ3) is 3.73. The average molecular weight is 403 g/mol. The third-order valence-electron chi connectivity index (χ3n) is 5.43. The highest BCUT2D eigenvalue weighted by Crippen LogP contribution is 2.36. The van der Waals surface area contributed by atoms with E-state index in [1.807, 2.05) is 56.3 Å². The average Bonchev–Trinajstić information content (AvgIpc) is 3.14. The van der Waals surface area contributed by atoms with Gasteiger partial charge in [0.25, 0.3) is 5.91 Å². The topological polar surface area (TPSA) is 84.2 Å². The number of carboxylic acid groups (broad SMARTS) is 1. The lowest BCUT2D eigenvalue weighted by Crippen LogP contribution is -2.42. The van der Waals surface area contributed by atoms with Gasteiger partial charge in [-0.05, 0) is 42.9 Å². The minimum atomic E-state index is -1.03. The Hall–Kier alpha value is -3.41. The fraction of sp³-hybridized carbons (Fsp3) is 0.292. The second-order valence-corrected chi connectivity index (χ2v) is 8.07. The normalized spacial score (nSPS) is 13.4. The number of para-hydroxylation sites is 1. The van der Waals surface area contributed by atoms with Gasteiger partial charge < -0.3 is 10.4 Å². The van der Waals surface area contributed by atoms with Crippen molar-refractivity contribution in [3.63, 3.8) is 0 Å². The number of aryl methyl sites for hydroxylation is 1. The van der Waals surface area contributed by atoms with Gasteiger partial charge in [0.1, 0.15) is 6.04 Å². The molecule has 0 radical (unpaired) electrons. The number of hydrogen-bond acceptors (Lipinski definition) is 3. The van der Waals surface area contributed by atoms with Crippen LogP contribution in [0.3, 0.4) is 0 Å². The van der Waals surface area contributed by atoms with E-state index < -0.39 is 17.9 Å². The van der Waals surface area contributed by atoms with Crippen molar-refractivity contribution >= 4 is 11.9 Å². The standard InChI is InChI=1S/C24H25N3O3/c1-15(2)14-20(24(29)30)25-23(28)21-19-13-12-16-8-6-7-11-18(16)22(19)27(26-21)17-9-4-3-5-10-17/h3-11,15,20H,12-14H2,1-2H3,(H,25,28)(H,29,30)/t20-/m0/s1. The highest BCUT2D eigenvalue weighted by Gasteiger charge is 2.30. The zero-order valence-electron chi connectivity index (χ0n) is 17.1. The predicted molar refractivity (Wildman–Crippen MR) is 115 cm³/mol. The summed E-state index contributed by atoms with van der Waals surface area (Å²) in [5.41, 5.74) is 5.22. The number of hydrogen-bond donors (Lipinski definition) is 2. The van der Waals surface area contributed by atoms with Crippen LogP contribution in [0.5, 0.6) is 0 Å². The number of amides is 1. The molecule has 0 saturated heterocycles. The fourth-order valence-electron chi connectivity index (χ4n) is 4.05. The number of rotatable bonds is 6. The first-order valence-corrected chi connectivity index (χ1v) is 10.2. The molecule has 2 N–H and O–H groups in total. The van der Waals surface area contributed by atoms with E-state index in [1.165, 1.54) is 5.56 Å². The summed E-state index contributed by atoms with van der Waals surface area (Å²) in [6.07, 6.45) is 1.87. The van der Waals surface area contributed by atoms with E-state index in [4.69, 9.17) is 0 Å². The van der Waals surface area contributed by atoms with E-state index >= 15 is 0 Å². The molecule has 0 aliphatic heterocycles. The number of carbonyl (C=O) groups excluding carboxylic acids is 1. The molecular formula is C24H25N3O3. The molecule has 30 heavy (non-hydrogen) atoms. The zero-order valence-corrected chi connectivity index (χ0v) is 17.1. The van der Waals surface area contributed by atoms with E-state index in [2.05, 4.69) is 22.5 Å². The lowest BCUT2D eigenvalue weighted by atomic mass is 9.88. The Kier molecular flexibility index (Phi) is 5.40. The molecule has 1 heterocycles. The van der Waals surface area contributed by atoms with E-state index in [0.29, 0.717) is 18.5 Å². The van der Waals surface area contributed by atoms with Crippen LogP contribution in [0.1, 0.15) is 41.9 Å². The van der Waals surface area contributed by atoms with Crippen molar-refractivity contribution in [2.24, 2.45) is 5.92 Å². The van der Waals surface area contributed by atoms with Crippen LogP contribution in [0.15, 0.2) is 54.6 Å². The third-order valence-corrected chi connectivity index (χ3v) is 5.43. The van der Waals surface area contributed by atoms with Crippen molar-refractivity contribution in [2.75, 3.05) is 0 Å².